The van der Waals surface area contributed by atoms with Crippen LogP contribution < -0.4 is 0 Å². The standard InChI is InChI=1S/C24H21F3N4O3/c1-14(32)30-10-9-20(19(13-30)15-5-3-2-4-6-15)31-12-17-8-7-16(11-18(17)22(31)33)21-28-23(34-29-21)24(25,26)27/h2-8,11,19-20H,9-10,12-13H2,1H3/t19-,20-/m1/s1. The van der Waals surface area contributed by atoms with Crippen molar-refractivity contribution in [2.24, 2.45) is 0 Å². The van der Waals surface area contributed by atoms with Gasteiger partial charge in [-0.25, -0.2) is 0 Å². The van der Waals surface area contributed by atoms with Gasteiger partial charge in [-0.15, -0.1) is 0 Å². The highest BCUT2D eigenvalue weighted by atomic mass is 19.4. The molecule has 1 aromatic heterocycles. The third-order valence-electron chi connectivity index (χ3n) is 6.52. The third-order valence-corrected chi connectivity index (χ3v) is 6.52. The van der Waals surface area contributed by atoms with Crippen molar-refractivity contribution in [3.8, 4) is 11.4 Å². The van der Waals surface area contributed by atoms with Crippen LogP contribution in [-0.2, 0) is 17.5 Å². The summed E-state index contributed by atoms with van der Waals surface area (Å²) in [6, 6.07) is 14.5. The molecule has 3 aromatic rings. The summed E-state index contributed by atoms with van der Waals surface area (Å²) in [4.78, 5) is 32.5. The Kier molecular flexibility index (Phi) is 5.38. The number of likely N-dealkylation sites (tertiary alicyclic amines) is 1. The molecule has 2 aliphatic rings. The van der Waals surface area contributed by atoms with E-state index in [-0.39, 0.29) is 35.2 Å². The quantitative estimate of drug-likeness (QED) is 0.576. The van der Waals surface area contributed by atoms with Crippen molar-refractivity contribution in [1.29, 1.82) is 0 Å². The van der Waals surface area contributed by atoms with Crippen molar-refractivity contribution in [3.63, 3.8) is 0 Å². The van der Waals surface area contributed by atoms with Crippen molar-refractivity contribution in [3.05, 3.63) is 71.1 Å². The maximum Gasteiger partial charge on any atom is 0.471 e. The zero-order valence-electron chi connectivity index (χ0n) is 18.2. The lowest BCUT2D eigenvalue weighted by atomic mass is 9.85. The fourth-order valence-electron chi connectivity index (χ4n) is 4.81. The smallest absolute Gasteiger partial charge is 0.342 e. The normalized spacial score (nSPS) is 20.5. The fourth-order valence-corrected chi connectivity index (χ4v) is 4.81. The van der Waals surface area contributed by atoms with E-state index in [1.807, 2.05) is 30.3 Å². The van der Waals surface area contributed by atoms with Crippen LogP contribution in [0, 0.1) is 0 Å². The summed E-state index contributed by atoms with van der Waals surface area (Å²) in [7, 11) is 0. The second-order valence-corrected chi connectivity index (χ2v) is 8.56. The molecule has 2 aliphatic heterocycles. The molecule has 176 valence electrons. The molecule has 0 unspecified atom stereocenters. The van der Waals surface area contributed by atoms with Gasteiger partial charge in [-0.2, -0.15) is 18.2 Å². The second-order valence-electron chi connectivity index (χ2n) is 8.56. The zero-order valence-corrected chi connectivity index (χ0v) is 18.2. The molecule has 1 saturated heterocycles. The summed E-state index contributed by atoms with van der Waals surface area (Å²) >= 11 is 0. The highest BCUT2D eigenvalue weighted by molar-refractivity contribution is 5.99. The van der Waals surface area contributed by atoms with Crippen molar-refractivity contribution < 1.29 is 27.3 Å². The van der Waals surface area contributed by atoms with Gasteiger partial charge in [0.15, 0.2) is 0 Å². The molecule has 1 fully saturated rings. The first kappa shape index (κ1) is 22.1. The van der Waals surface area contributed by atoms with E-state index in [0.717, 1.165) is 11.1 Å². The number of hydrogen-bond acceptors (Lipinski definition) is 5. The molecule has 10 heteroatoms. The molecule has 2 amide bonds. The van der Waals surface area contributed by atoms with E-state index in [0.29, 0.717) is 31.6 Å². The summed E-state index contributed by atoms with van der Waals surface area (Å²) in [6.45, 7) is 3.00. The molecule has 0 saturated carbocycles. The molecule has 0 radical (unpaired) electrons. The average molecular weight is 470 g/mol. The number of benzene rings is 2. The lowest BCUT2D eigenvalue weighted by Gasteiger charge is -2.42. The molecule has 0 bridgehead atoms. The minimum atomic E-state index is -4.74. The first-order valence-corrected chi connectivity index (χ1v) is 10.9. The van der Waals surface area contributed by atoms with E-state index >= 15 is 0 Å². The topological polar surface area (TPSA) is 79.5 Å². The Balaban J connectivity index is 1.43. The second kappa shape index (κ2) is 8.27. The molecule has 0 spiro atoms. The van der Waals surface area contributed by atoms with E-state index in [1.165, 1.54) is 6.07 Å². The third kappa shape index (κ3) is 3.93. The summed E-state index contributed by atoms with van der Waals surface area (Å²) < 4.78 is 42.8. The van der Waals surface area contributed by atoms with Crippen LogP contribution in [0.25, 0.3) is 11.4 Å². The molecule has 2 atom stereocenters. The number of carbonyl (C=O) groups excluding carboxylic acids is 2. The number of piperidine rings is 1. The van der Waals surface area contributed by atoms with Crippen molar-refractivity contribution >= 4 is 11.8 Å². The first-order valence-electron chi connectivity index (χ1n) is 10.9. The molecule has 2 aromatic carbocycles. The van der Waals surface area contributed by atoms with Gasteiger partial charge in [0.05, 0.1) is 0 Å². The van der Waals surface area contributed by atoms with Crippen molar-refractivity contribution in [1.82, 2.24) is 19.9 Å². The van der Waals surface area contributed by atoms with E-state index in [1.54, 1.807) is 28.9 Å². The van der Waals surface area contributed by atoms with Crippen LogP contribution in [0.4, 0.5) is 13.2 Å². The van der Waals surface area contributed by atoms with Crippen LogP contribution in [0.3, 0.4) is 0 Å². The molecular weight excluding hydrogens is 449 g/mol. The number of carbonyl (C=O) groups is 2. The summed E-state index contributed by atoms with van der Waals surface area (Å²) in [6.07, 6.45) is -4.11. The molecule has 3 heterocycles. The maximum atomic E-state index is 13.4. The fraction of sp³-hybridized carbons (Fsp3) is 0.333. The van der Waals surface area contributed by atoms with Crippen LogP contribution in [0.2, 0.25) is 0 Å². The minimum Gasteiger partial charge on any atom is -0.342 e. The zero-order chi connectivity index (χ0) is 24.0. The Hall–Kier alpha value is -3.69. The molecule has 0 N–H and O–H groups in total. The van der Waals surface area contributed by atoms with Crippen LogP contribution in [0.5, 0.6) is 0 Å². The number of fused-ring (bicyclic) bond motifs is 1. The van der Waals surface area contributed by atoms with Gasteiger partial charge >= 0.3 is 12.1 Å². The van der Waals surface area contributed by atoms with E-state index in [2.05, 4.69) is 14.7 Å². The van der Waals surface area contributed by atoms with Crippen molar-refractivity contribution in [2.75, 3.05) is 13.1 Å². The largest absolute Gasteiger partial charge is 0.471 e. The number of alkyl halides is 3. The minimum absolute atomic E-state index is 0.00149. The Labute approximate surface area is 193 Å². The first-order chi connectivity index (χ1) is 16.2. The number of amides is 2. The van der Waals surface area contributed by atoms with E-state index in [9.17, 15) is 22.8 Å². The van der Waals surface area contributed by atoms with Crippen LogP contribution in [0.1, 0.15) is 46.6 Å². The highest BCUT2D eigenvalue weighted by Gasteiger charge is 2.41. The van der Waals surface area contributed by atoms with Gasteiger partial charge in [-0.05, 0) is 23.6 Å². The van der Waals surface area contributed by atoms with Gasteiger partial charge < -0.3 is 14.3 Å². The number of hydrogen-bond donors (Lipinski definition) is 0. The highest BCUT2D eigenvalue weighted by Crippen LogP contribution is 2.37. The van der Waals surface area contributed by atoms with E-state index in [4.69, 9.17) is 0 Å². The number of halogens is 3. The van der Waals surface area contributed by atoms with Gasteiger partial charge in [0.1, 0.15) is 0 Å². The van der Waals surface area contributed by atoms with Gasteiger partial charge in [-0.3, -0.25) is 9.59 Å². The molecule has 0 aliphatic carbocycles. The van der Waals surface area contributed by atoms with E-state index < -0.39 is 12.1 Å². The summed E-state index contributed by atoms with van der Waals surface area (Å²) in [5.74, 6) is -1.91. The Morgan fingerprint density at radius 1 is 1.15 bits per heavy atom. The predicted octanol–water partition coefficient (Wildman–Crippen LogP) is 4.12. The number of rotatable bonds is 3. The Morgan fingerprint density at radius 3 is 2.59 bits per heavy atom. The van der Waals surface area contributed by atoms with Crippen LogP contribution in [-0.4, -0.2) is 50.9 Å². The number of nitrogens with zero attached hydrogens (tertiary/aromatic N) is 4. The van der Waals surface area contributed by atoms with Gasteiger partial charge in [0.25, 0.3) is 5.91 Å². The van der Waals surface area contributed by atoms with Crippen LogP contribution >= 0.6 is 0 Å². The SMILES string of the molecule is CC(=O)N1CC[C@@H](N2Cc3ccc(-c4noc(C(F)(F)F)n4)cc3C2=O)[C@@H](c2ccccc2)C1. The van der Waals surface area contributed by atoms with Crippen molar-refractivity contribution in [2.45, 2.75) is 38.0 Å². The molecule has 5 rings (SSSR count). The summed E-state index contributed by atoms with van der Waals surface area (Å²) in [5, 5.41) is 3.42. The Morgan fingerprint density at radius 2 is 1.91 bits per heavy atom. The Bertz CT molecular complexity index is 1240. The van der Waals surface area contributed by atoms with Gasteiger partial charge in [0, 0.05) is 49.6 Å². The monoisotopic (exact) mass is 470 g/mol. The number of aromatic nitrogens is 2. The lowest BCUT2D eigenvalue weighted by molar-refractivity contribution is -0.159. The average Bonchev–Trinajstić information content (AvgIpc) is 3.45. The molecule has 7 nitrogen and oxygen atoms in total. The van der Waals surface area contributed by atoms with Gasteiger partial charge in [0.2, 0.25) is 11.7 Å². The predicted molar refractivity (Wildman–Crippen MR) is 114 cm³/mol. The van der Waals surface area contributed by atoms with Gasteiger partial charge in [-0.1, -0.05) is 47.6 Å². The molecular formula is C24H21F3N4O3. The molecule has 34 heavy (non-hydrogen) atoms. The lowest BCUT2D eigenvalue weighted by Crippen LogP contribution is -2.51. The summed E-state index contributed by atoms with van der Waals surface area (Å²) in [5.41, 5.74) is 2.53. The maximum absolute atomic E-state index is 13.4. The van der Waals surface area contributed by atoms with Crippen LogP contribution in [0.15, 0.2) is 53.1 Å².